The van der Waals surface area contributed by atoms with Crippen molar-refractivity contribution in [3.05, 3.63) is 11.2 Å². The highest BCUT2D eigenvalue weighted by Gasteiger charge is 2.07. The molecule has 0 bridgehead atoms. The van der Waals surface area contributed by atoms with E-state index in [1.165, 1.54) is 13.3 Å². The van der Waals surface area contributed by atoms with E-state index in [2.05, 4.69) is 15.3 Å². The highest BCUT2D eigenvalue weighted by Crippen LogP contribution is 2.20. The van der Waals surface area contributed by atoms with Crippen LogP contribution < -0.4 is 10.1 Å². The van der Waals surface area contributed by atoms with Crippen LogP contribution in [0.3, 0.4) is 0 Å². The van der Waals surface area contributed by atoms with Crippen molar-refractivity contribution in [3.63, 3.8) is 0 Å². The Morgan fingerprint density at radius 3 is 3.00 bits per heavy atom. The Morgan fingerprint density at radius 2 is 2.38 bits per heavy atom. The lowest BCUT2D eigenvalue weighted by Crippen LogP contribution is -2.14. The van der Waals surface area contributed by atoms with Crippen LogP contribution >= 0.6 is 11.6 Å². The van der Waals surface area contributed by atoms with Crippen LogP contribution in [0.1, 0.15) is 13.3 Å². The van der Waals surface area contributed by atoms with Gasteiger partial charge in [0.15, 0.2) is 5.82 Å². The number of hydrogen-bond donors (Lipinski definition) is 2. The van der Waals surface area contributed by atoms with E-state index < -0.39 is 0 Å². The van der Waals surface area contributed by atoms with Gasteiger partial charge in [0.05, 0.1) is 13.3 Å². The first-order valence-electron chi connectivity index (χ1n) is 5.08. The summed E-state index contributed by atoms with van der Waals surface area (Å²) in [4.78, 5) is 7.96. The summed E-state index contributed by atoms with van der Waals surface area (Å²) in [6, 6.07) is 0.279. The highest BCUT2D eigenvalue weighted by atomic mass is 35.5. The molecule has 0 saturated heterocycles. The molecule has 5 nitrogen and oxygen atoms in total. The van der Waals surface area contributed by atoms with Gasteiger partial charge in [0.1, 0.15) is 5.02 Å². The predicted octanol–water partition coefficient (Wildman–Crippen LogP) is 1.57. The molecule has 1 unspecified atom stereocenters. The van der Waals surface area contributed by atoms with Gasteiger partial charge in [-0.25, -0.2) is 4.98 Å². The van der Waals surface area contributed by atoms with Crippen molar-refractivity contribution < 1.29 is 9.84 Å². The van der Waals surface area contributed by atoms with Gasteiger partial charge < -0.3 is 15.2 Å². The van der Waals surface area contributed by atoms with Crippen molar-refractivity contribution in [1.82, 2.24) is 9.97 Å². The number of aliphatic hydroxyl groups excluding tert-OH is 1. The first kappa shape index (κ1) is 13.0. The SMILES string of the molecule is COc1ncc(Cl)c(NCC(C)CCO)n1. The number of methoxy groups -OCH3 is 1. The molecule has 1 aromatic heterocycles. The largest absolute Gasteiger partial charge is 0.467 e. The van der Waals surface area contributed by atoms with E-state index in [0.29, 0.717) is 23.3 Å². The third-order valence-electron chi connectivity index (χ3n) is 2.14. The molecule has 1 aromatic rings. The van der Waals surface area contributed by atoms with E-state index in [1.54, 1.807) is 0 Å². The van der Waals surface area contributed by atoms with Gasteiger partial charge in [-0.1, -0.05) is 18.5 Å². The number of anilines is 1. The van der Waals surface area contributed by atoms with Crippen LogP contribution in [0.2, 0.25) is 5.02 Å². The fraction of sp³-hybridized carbons (Fsp3) is 0.600. The molecule has 0 radical (unpaired) electrons. The average molecular weight is 246 g/mol. The van der Waals surface area contributed by atoms with Gasteiger partial charge in [-0.05, 0) is 12.3 Å². The van der Waals surface area contributed by atoms with Crippen LogP contribution in [0.5, 0.6) is 6.01 Å². The minimum absolute atomic E-state index is 0.184. The number of aliphatic hydroxyl groups is 1. The number of aromatic nitrogens is 2. The van der Waals surface area contributed by atoms with Gasteiger partial charge in [-0.2, -0.15) is 4.98 Å². The molecule has 16 heavy (non-hydrogen) atoms. The summed E-state index contributed by atoms with van der Waals surface area (Å²) in [7, 11) is 1.50. The number of nitrogens with one attached hydrogen (secondary N) is 1. The normalized spacial score (nSPS) is 12.2. The lowest BCUT2D eigenvalue weighted by Gasteiger charge is -2.12. The zero-order valence-corrected chi connectivity index (χ0v) is 10.2. The zero-order chi connectivity index (χ0) is 12.0. The van der Waals surface area contributed by atoms with Crippen molar-refractivity contribution in [1.29, 1.82) is 0 Å². The number of nitrogens with zero attached hydrogens (tertiary/aromatic N) is 2. The Morgan fingerprint density at radius 1 is 1.62 bits per heavy atom. The maximum atomic E-state index is 8.77. The van der Waals surface area contributed by atoms with Crippen LogP contribution in [0.25, 0.3) is 0 Å². The number of rotatable bonds is 6. The summed E-state index contributed by atoms with van der Waals surface area (Å²) < 4.78 is 4.90. The van der Waals surface area contributed by atoms with Crippen LogP contribution in [0.4, 0.5) is 5.82 Å². The van der Waals surface area contributed by atoms with Gasteiger partial charge in [0.25, 0.3) is 0 Å². The number of hydrogen-bond acceptors (Lipinski definition) is 5. The molecule has 1 heterocycles. The first-order valence-corrected chi connectivity index (χ1v) is 5.46. The first-order chi connectivity index (χ1) is 7.67. The second-order valence-electron chi connectivity index (χ2n) is 3.55. The smallest absolute Gasteiger partial charge is 0.318 e. The van der Waals surface area contributed by atoms with Crippen molar-refractivity contribution in [2.24, 2.45) is 5.92 Å². The zero-order valence-electron chi connectivity index (χ0n) is 9.40. The van der Waals surface area contributed by atoms with E-state index in [9.17, 15) is 0 Å². The van der Waals surface area contributed by atoms with E-state index in [0.717, 1.165) is 6.42 Å². The maximum Gasteiger partial charge on any atom is 0.318 e. The Labute approximate surface area is 99.8 Å². The lowest BCUT2D eigenvalue weighted by molar-refractivity contribution is 0.265. The summed E-state index contributed by atoms with van der Waals surface area (Å²) in [6.07, 6.45) is 2.24. The monoisotopic (exact) mass is 245 g/mol. The Bertz CT molecular complexity index is 336. The highest BCUT2D eigenvalue weighted by molar-refractivity contribution is 6.32. The Balaban J connectivity index is 2.58. The molecule has 0 saturated carbocycles. The molecule has 0 spiro atoms. The van der Waals surface area contributed by atoms with Gasteiger partial charge in [-0.15, -0.1) is 0 Å². The minimum atomic E-state index is 0.184. The second kappa shape index (κ2) is 6.50. The van der Waals surface area contributed by atoms with Gasteiger partial charge in [-0.3, -0.25) is 0 Å². The molecule has 0 aliphatic rings. The third kappa shape index (κ3) is 3.83. The Kier molecular flexibility index (Phi) is 5.28. The molecule has 0 amide bonds. The van der Waals surface area contributed by atoms with E-state index >= 15 is 0 Å². The molecule has 0 fully saturated rings. The van der Waals surface area contributed by atoms with Gasteiger partial charge in [0.2, 0.25) is 0 Å². The van der Waals surface area contributed by atoms with Gasteiger partial charge in [0, 0.05) is 13.2 Å². The lowest BCUT2D eigenvalue weighted by atomic mass is 10.1. The van der Waals surface area contributed by atoms with Crippen molar-refractivity contribution >= 4 is 17.4 Å². The standard InChI is InChI=1S/C10H16ClN3O2/c1-7(3-4-15)5-12-9-8(11)6-13-10(14-9)16-2/h6-7,15H,3-5H2,1-2H3,(H,12,13,14). The molecule has 1 atom stereocenters. The van der Waals surface area contributed by atoms with E-state index in [1.807, 2.05) is 6.92 Å². The van der Waals surface area contributed by atoms with Crippen molar-refractivity contribution in [3.8, 4) is 6.01 Å². The van der Waals surface area contributed by atoms with Crippen molar-refractivity contribution in [2.75, 3.05) is 25.6 Å². The summed E-state index contributed by atoms with van der Waals surface area (Å²) >= 11 is 5.92. The van der Waals surface area contributed by atoms with Crippen LogP contribution in [0.15, 0.2) is 6.20 Å². The molecular weight excluding hydrogens is 230 g/mol. The maximum absolute atomic E-state index is 8.77. The summed E-state index contributed by atoms with van der Waals surface area (Å²) in [5.74, 6) is 0.903. The summed E-state index contributed by atoms with van der Waals surface area (Å²) in [5, 5.41) is 12.3. The molecule has 1 rings (SSSR count). The average Bonchev–Trinajstić information content (AvgIpc) is 2.28. The van der Waals surface area contributed by atoms with E-state index in [4.69, 9.17) is 21.4 Å². The summed E-state index contributed by atoms with van der Waals surface area (Å²) in [6.45, 7) is 2.92. The van der Waals surface area contributed by atoms with Crippen LogP contribution in [-0.2, 0) is 0 Å². The molecule has 2 N–H and O–H groups in total. The van der Waals surface area contributed by atoms with Crippen molar-refractivity contribution in [2.45, 2.75) is 13.3 Å². The minimum Gasteiger partial charge on any atom is -0.467 e. The predicted molar refractivity (Wildman–Crippen MR) is 63.0 cm³/mol. The molecule has 6 heteroatoms. The summed E-state index contributed by atoms with van der Waals surface area (Å²) in [5.41, 5.74) is 0. The second-order valence-corrected chi connectivity index (χ2v) is 3.96. The third-order valence-corrected chi connectivity index (χ3v) is 2.42. The van der Waals surface area contributed by atoms with E-state index in [-0.39, 0.29) is 12.6 Å². The quantitative estimate of drug-likeness (QED) is 0.796. The fourth-order valence-electron chi connectivity index (χ4n) is 1.17. The molecule has 90 valence electrons. The molecule has 0 aromatic carbocycles. The topological polar surface area (TPSA) is 67.3 Å². The molecule has 0 aliphatic heterocycles. The number of ether oxygens (including phenoxy) is 1. The Hall–Kier alpha value is -1.07. The van der Waals surface area contributed by atoms with Crippen LogP contribution in [-0.4, -0.2) is 35.3 Å². The fourth-order valence-corrected chi connectivity index (χ4v) is 1.32. The molecule has 0 aliphatic carbocycles. The van der Waals surface area contributed by atoms with Crippen LogP contribution in [0, 0.1) is 5.92 Å². The van der Waals surface area contributed by atoms with Gasteiger partial charge >= 0.3 is 6.01 Å². The molecular formula is C10H16ClN3O2. The number of halogens is 1.